The molecule has 5 aromatic rings. The van der Waals surface area contributed by atoms with Gasteiger partial charge >= 0.3 is 5.63 Å². The third kappa shape index (κ3) is 2.94. The average molecular weight is 381 g/mol. The molecule has 2 aromatic heterocycles. The summed E-state index contributed by atoms with van der Waals surface area (Å²) in [6, 6.07) is 27.9. The first-order chi connectivity index (χ1) is 13.8. The van der Waals surface area contributed by atoms with Crippen LogP contribution in [0.4, 0.5) is 0 Å². The van der Waals surface area contributed by atoms with E-state index in [9.17, 15) is 4.79 Å². The zero-order valence-corrected chi connectivity index (χ0v) is 15.6. The second kappa shape index (κ2) is 6.91. The number of hydrogen-bond donors (Lipinski definition) is 0. The Bertz CT molecular complexity index is 1300. The Morgan fingerprint density at radius 3 is 1.93 bits per heavy atom. The van der Waals surface area contributed by atoms with Crippen molar-refractivity contribution in [2.45, 2.75) is 0 Å². The molecule has 0 saturated heterocycles. The highest BCUT2D eigenvalue weighted by Crippen LogP contribution is 2.32. The van der Waals surface area contributed by atoms with Gasteiger partial charge in [0, 0.05) is 16.5 Å². The minimum atomic E-state index is -0.354. The summed E-state index contributed by atoms with van der Waals surface area (Å²) in [5, 5.41) is 2.51. The van der Waals surface area contributed by atoms with Crippen molar-refractivity contribution < 1.29 is 4.42 Å². The van der Waals surface area contributed by atoms with Crippen molar-refractivity contribution in [1.29, 1.82) is 0 Å². The third-order valence-corrected chi connectivity index (χ3v) is 5.56. The highest BCUT2D eigenvalue weighted by Gasteiger charge is 2.15. The van der Waals surface area contributed by atoms with E-state index in [1.54, 1.807) is 0 Å². The molecule has 0 fully saturated rings. The van der Waals surface area contributed by atoms with Gasteiger partial charge in [-0.15, -0.1) is 11.3 Å². The number of fused-ring (bicyclic) bond motifs is 1. The highest BCUT2D eigenvalue weighted by molar-refractivity contribution is 7.17. The lowest BCUT2D eigenvalue weighted by Crippen LogP contribution is -2.02. The second-order valence-electron chi connectivity index (χ2n) is 6.45. The molecule has 0 amide bonds. The normalized spacial score (nSPS) is 11.0. The average Bonchev–Trinajstić information content (AvgIpc) is 3.20. The summed E-state index contributed by atoms with van der Waals surface area (Å²) < 4.78 is 5.58. The van der Waals surface area contributed by atoms with Crippen LogP contribution in [0.15, 0.2) is 99.5 Å². The number of rotatable bonds is 3. The van der Waals surface area contributed by atoms with Crippen molar-refractivity contribution in [1.82, 2.24) is 4.98 Å². The van der Waals surface area contributed by atoms with Crippen LogP contribution in [0, 0.1) is 0 Å². The van der Waals surface area contributed by atoms with E-state index in [4.69, 9.17) is 4.42 Å². The van der Waals surface area contributed by atoms with Crippen LogP contribution in [-0.4, -0.2) is 4.98 Å². The molecule has 0 bridgehead atoms. The van der Waals surface area contributed by atoms with Gasteiger partial charge in [0.05, 0.1) is 0 Å². The van der Waals surface area contributed by atoms with Crippen LogP contribution in [0.3, 0.4) is 0 Å². The minimum absolute atomic E-state index is 0.346. The van der Waals surface area contributed by atoms with Crippen LogP contribution in [-0.2, 0) is 0 Å². The van der Waals surface area contributed by atoms with Gasteiger partial charge in [-0.05, 0) is 28.8 Å². The molecule has 2 heterocycles. The Hall–Kier alpha value is -3.50. The first kappa shape index (κ1) is 16.7. The van der Waals surface area contributed by atoms with Crippen molar-refractivity contribution in [2.75, 3.05) is 0 Å². The fourth-order valence-corrected chi connectivity index (χ4v) is 4.20. The van der Waals surface area contributed by atoms with Gasteiger partial charge in [-0.3, -0.25) is 0 Å². The zero-order valence-electron chi connectivity index (χ0n) is 14.8. The summed E-state index contributed by atoms with van der Waals surface area (Å²) in [5.41, 5.74) is 4.54. The first-order valence-corrected chi connectivity index (χ1v) is 9.81. The van der Waals surface area contributed by atoms with E-state index in [1.165, 1.54) is 11.3 Å². The molecule has 0 atom stereocenters. The van der Waals surface area contributed by atoms with Crippen LogP contribution < -0.4 is 5.63 Å². The van der Waals surface area contributed by atoms with E-state index in [0.29, 0.717) is 16.1 Å². The highest BCUT2D eigenvalue weighted by atomic mass is 32.1. The fourth-order valence-electron chi connectivity index (χ4n) is 3.27. The Morgan fingerprint density at radius 1 is 0.679 bits per heavy atom. The number of benzene rings is 3. The molecule has 0 aliphatic rings. The number of thiophene rings is 1. The maximum atomic E-state index is 12.7. The van der Waals surface area contributed by atoms with Crippen molar-refractivity contribution in [2.24, 2.45) is 0 Å². The third-order valence-electron chi connectivity index (χ3n) is 4.69. The van der Waals surface area contributed by atoms with E-state index >= 15 is 0 Å². The Kier molecular flexibility index (Phi) is 4.11. The number of hydrogen-bond acceptors (Lipinski definition) is 4. The standard InChI is InChI=1S/C24H15NO2S/c26-24-21-20(18-9-5-2-6-10-18)15-28-23(21)25-22(27-24)19-13-11-17(12-14-19)16-7-3-1-4-8-16/h1-15H. The SMILES string of the molecule is O=c1oc(-c2ccc(-c3ccccc3)cc2)nc2scc(-c3ccccc3)c12. The van der Waals surface area contributed by atoms with Crippen LogP contribution in [0.25, 0.3) is 43.9 Å². The minimum Gasteiger partial charge on any atom is -0.403 e. The van der Waals surface area contributed by atoms with Gasteiger partial charge in [-0.25, -0.2) is 9.78 Å². The quantitative estimate of drug-likeness (QED) is 0.371. The maximum Gasteiger partial charge on any atom is 0.348 e. The summed E-state index contributed by atoms with van der Waals surface area (Å²) in [6.45, 7) is 0. The summed E-state index contributed by atoms with van der Waals surface area (Å²) in [6.07, 6.45) is 0. The van der Waals surface area contributed by atoms with Gasteiger partial charge in [0.25, 0.3) is 0 Å². The summed E-state index contributed by atoms with van der Waals surface area (Å²) >= 11 is 1.46. The molecule has 28 heavy (non-hydrogen) atoms. The molecule has 5 rings (SSSR count). The van der Waals surface area contributed by atoms with Crippen LogP contribution in [0.2, 0.25) is 0 Å². The Labute approximate surface area is 165 Å². The molecule has 0 spiro atoms. The van der Waals surface area contributed by atoms with Crippen molar-refractivity contribution in [3.05, 3.63) is 101 Å². The van der Waals surface area contributed by atoms with Gasteiger partial charge in [-0.1, -0.05) is 72.8 Å². The molecule has 0 aliphatic heterocycles. The van der Waals surface area contributed by atoms with E-state index < -0.39 is 0 Å². The lowest BCUT2D eigenvalue weighted by molar-refractivity contribution is 0.519. The van der Waals surface area contributed by atoms with Crippen molar-refractivity contribution in [3.8, 4) is 33.7 Å². The molecule has 4 heteroatoms. The molecule has 0 saturated carbocycles. The second-order valence-corrected chi connectivity index (χ2v) is 7.30. The maximum absolute atomic E-state index is 12.7. The van der Waals surface area contributed by atoms with Gasteiger partial charge < -0.3 is 4.42 Å². The molecule has 0 N–H and O–H groups in total. The number of nitrogens with zero attached hydrogens (tertiary/aromatic N) is 1. The zero-order chi connectivity index (χ0) is 18.9. The lowest BCUT2D eigenvalue weighted by Gasteiger charge is -2.04. The van der Waals surface area contributed by atoms with Crippen LogP contribution in [0.5, 0.6) is 0 Å². The van der Waals surface area contributed by atoms with E-state index in [1.807, 2.05) is 78.2 Å². The van der Waals surface area contributed by atoms with Gasteiger partial charge in [-0.2, -0.15) is 0 Å². The lowest BCUT2D eigenvalue weighted by atomic mass is 10.0. The van der Waals surface area contributed by atoms with E-state index in [0.717, 1.165) is 27.8 Å². The van der Waals surface area contributed by atoms with Crippen molar-refractivity contribution in [3.63, 3.8) is 0 Å². The first-order valence-electron chi connectivity index (χ1n) is 8.93. The van der Waals surface area contributed by atoms with E-state index in [-0.39, 0.29) is 5.63 Å². The predicted octanol–water partition coefficient (Wildman–Crippen LogP) is 6.25. The van der Waals surface area contributed by atoms with Gasteiger partial charge in [0.15, 0.2) is 0 Å². The fraction of sp³-hybridized carbons (Fsp3) is 0. The largest absolute Gasteiger partial charge is 0.403 e. The molecular formula is C24H15NO2S. The molecular weight excluding hydrogens is 366 g/mol. The molecule has 0 radical (unpaired) electrons. The summed E-state index contributed by atoms with van der Waals surface area (Å²) in [5.74, 6) is 0.346. The Morgan fingerprint density at radius 2 is 1.25 bits per heavy atom. The molecule has 134 valence electrons. The van der Waals surface area contributed by atoms with Crippen molar-refractivity contribution >= 4 is 21.6 Å². The van der Waals surface area contributed by atoms with Crippen LogP contribution in [0.1, 0.15) is 0 Å². The predicted molar refractivity (Wildman–Crippen MR) is 114 cm³/mol. The summed E-state index contributed by atoms with van der Waals surface area (Å²) in [4.78, 5) is 18.0. The monoisotopic (exact) mass is 381 g/mol. The summed E-state index contributed by atoms with van der Waals surface area (Å²) in [7, 11) is 0. The molecule has 0 aliphatic carbocycles. The van der Waals surface area contributed by atoms with E-state index in [2.05, 4.69) is 17.1 Å². The van der Waals surface area contributed by atoms with Gasteiger partial charge in [0.1, 0.15) is 10.2 Å². The van der Waals surface area contributed by atoms with Gasteiger partial charge in [0.2, 0.25) is 5.89 Å². The van der Waals surface area contributed by atoms with Crippen LogP contribution >= 0.6 is 11.3 Å². The number of aromatic nitrogens is 1. The Balaban J connectivity index is 1.57. The molecule has 3 nitrogen and oxygen atoms in total. The smallest absolute Gasteiger partial charge is 0.348 e. The molecule has 3 aromatic carbocycles. The topological polar surface area (TPSA) is 43.1 Å². The molecule has 0 unspecified atom stereocenters.